The maximum Gasteiger partial charge on any atom is 0.159 e. The second-order valence-corrected chi connectivity index (χ2v) is 4.03. The summed E-state index contributed by atoms with van der Waals surface area (Å²) in [7, 11) is 0. The van der Waals surface area contributed by atoms with E-state index in [9.17, 15) is 0 Å². The summed E-state index contributed by atoms with van der Waals surface area (Å²) >= 11 is 0. The molecule has 0 aliphatic carbocycles. The van der Waals surface area contributed by atoms with E-state index >= 15 is 0 Å². The average Bonchev–Trinajstić information content (AvgIpc) is 2.58. The zero-order valence-corrected chi connectivity index (χ0v) is 11.8. The molecule has 0 saturated carbocycles. The van der Waals surface area contributed by atoms with Crippen molar-refractivity contribution in [2.24, 2.45) is 0 Å². The van der Waals surface area contributed by atoms with Gasteiger partial charge in [-0.1, -0.05) is 74.5 Å². The van der Waals surface area contributed by atoms with E-state index in [1.54, 1.807) is 0 Å². The number of hydrogen-bond acceptors (Lipinski definition) is 2. The highest BCUT2D eigenvalue weighted by Gasteiger charge is 2.01. The maximum absolute atomic E-state index is 4.41. The summed E-state index contributed by atoms with van der Waals surface area (Å²) in [6.07, 6.45) is 3.73. The Morgan fingerprint density at radius 1 is 0.550 bits per heavy atom. The molecule has 0 atom stereocenters. The van der Waals surface area contributed by atoms with E-state index in [0.29, 0.717) is 0 Å². The molecule has 0 bridgehead atoms. The smallest absolute Gasteiger partial charge is 0.159 e. The van der Waals surface area contributed by atoms with Crippen LogP contribution in [0.15, 0.2) is 73.1 Å². The first kappa shape index (κ1) is 13.9. The summed E-state index contributed by atoms with van der Waals surface area (Å²) in [5, 5.41) is 0. The zero-order valence-electron chi connectivity index (χ0n) is 11.8. The van der Waals surface area contributed by atoms with E-state index in [2.05, 4.69) is 22.1 Å². The lowest BCUT2D eigenvalue weighted by Gasteiger charge is -2.02. The van der Waals surface area contributed by atoms with Gasteiger partial charge in [-0.05, 0) is 5.56 Å². The van der Waals surface area contributed by atoms with Crippen LogP contribution in [0.3, 0.4) is 0 Å². The van der Waals surface area contributed by atoms with Crippen molar-refractivity contribution in [3.8, 4) is 22.5 Å². The molecular formula is C18H18N2. The lowest BCUT2D eigenvalue weighted by Crippen LogP contribution is -1.89. The molecule has 0 fully saturated rings. The van der Waals surface area contributed by atoms with Gasteiger partial charge < -0.3 is 0 Å². The van der Waals surface area contributed by atoms with Gasteiger partial charge in [-0.2, -0.15) is 0 Å². The number of nitrogens with zero attached hydrogens (tertiary/aromatic N) is 2. The minimum absolute atomic E-state index is 0.760. The van der Waals surface area contributed by atoms with Gasteiger partial charge in [0.05, 0.1) is 0 Å². The third-order valence-electron chi connectivity index (χ3n) is 2.79. The summed E-state index contributed by atoms with van der Waals surface area (Å²) in [6.45, 7) is 4.00. The van der Waals surface area contributed by atoms with E-state index in [0.717, 1.165) is 22.5 Å². The van der Waals surface area contributed by atoms with Crippen molar-refractivity contribution in [3.63, 3.8) is 0 Å². The Morgan fingerprint density at radius 2 is 1.00 bits per heavy atom. The van der Waals surface area contributed by atoms with Gasteiger partial charge >= 0.3 is 0 Å². The average molecular weight is 262 g/mol. The molecule has 1 aromatic heterocycles. The van der Waals surface area contributed by atoms with Gasteiger partial charge in [-0.3, -0.25) is 0 Å². The third-order valence-corrected chi connectivity index (χ3v) is 2.79. The quantitative estimate of drug-likeness (QED) is 0.660. The molecule has 0 unspecified atom stereocenters. The van der Waals surface area contributed by atoms with E-state index < -0.39 is 0 Å². The van der Waals surface area contributed by atoms with E-state index in [1.807, 2.05) is 74.8 Å². The van der Waals surface area contributed by atoms with Crippen molar-refractivity contribution in [1.29, 1.82) is 0 Å². The monoisotopic (exact) mass is 262 g/mol. The Hall–Kier alpha value is -2.48. The van der Waals surface area contributed by atoms with Gasteiger partial charge in [0, 0.05) is 23.5 Å². The van der Waals surface area contributed by atoms with Crippen molar-refractivity contribution < 1.29 is 0 Å². The van der Waals surface area contributed by atoms with Gasteiger partial charge in [0.15, 0.2) is 5.82 Å². The molecule has 0 N–H and O–H groups in total. The lowest BCUT2D eigenvalue weighted by atomic mass is 10.1. The molecule has 20 heavy (non-hydrogen) atoms. The number of hydrogen-bond donors (Lipinski definition) is 0. The number of aromatic nitrogens is 2. The van der Waals surface area contributed by atoms with Gasteiger partial charge in [-0.15, -0.1) is 0 Å². The van der Waals surface area contributed by atoms with Crippen LogP contribution in [0.1, 0.15) is 13.8 Å². The highest BCUT2D eigenvalue weighted by Crippen LogP contribution is 2.19. The second-order valence-electron chi connectivity index (χ2n) is 4.03. The molecule has 0 aliphatic rings. The van der Waals surface area contributed by atoms with Crippen LogP contribution in [0.5, 0.6) is 0 Å². The Morgan fingerprint density at radius 3 is 1.50 bits per heavy atom. The molecule has 100 valence electrons. The van der Waals surface area contributed by atoms with E-state index in [-0.39, 0.29) is 0 Å². The van der Waals surface area contributed by atoms with Crippen LogP contribution in [0.4, 0.5) is 0 Å². The number of benzene rings is 2. The first-order valence-corrected chi connectivity index (χ1v) is 6.86. The Kier molecular flexibility index (Phi) is 5.01. The van der Waals surface area contributed by atoms with Gasteiger partial charge in [0.25, 0.3) is 0 Å². The molecule has 1 heterocycles. The second kappa shape index (κ2) is 7.19. The standard InChI is InChI=1S/C16H12N2.C2H6/c1-3-7-13(8-4-1)15-11-17-16(18-12-15)14-9-5-2-6-10-14;1-2/h1-12H;1-2H3. The predicted molar refractivity (Wildman–Crippen MR) is 84.3 cm³/mol. The van der Waals surface area contributed by atoms with Crippen molar-refractivity contribution in [2.45, 2.75) is 13.8 Å². The van der Waals surface area contributed by atoms with E-state index in [1.165, 1.54) is 0 Å². The highest BCUT2D eigenvalue weighted by atomic mass is 14.9. The summed E-state index contributed by atoms with van der Waals surface area (Å²) < 4.78 is 0. The first-order chi connectivity index (χ1) is 9.93. The van der Waals surface area contributed by atoms with Crippen LogP contribution in [0.25, 0.3) is 22.5 Å². The summed E-state index contributed by atoms with van der Waals surface area (Å²) in [6, 6.07) is 20.1. The van der Waals surface area contributed by atoms with Crippen LogP contribution in [-0.4, -0.2) is 9.97 Å². The third kappa shape index (κ3) is 3.29. The summed E-state index contributed by atoms with van der Waals surface area (Å²) in [5.41, 5.74) is 3.21. The zero-order chi connectivity index (χ0) is 14.2. The maximum atomic E-state index is 4.41. The normalized spacial score (nSPS) is 9.50. The van der Waals surface area contributed by atoms with Gasteiger partial charge in [0.2, 0.25) is 0 Å². The topological polar surface area (TPSA) is 25.8 Å². The van der Waals surface area contributed by atoms with Crippen LogP contribution in [0.2, 0.25) is 0 Å². The SMILES string of the molecule is CC.c1ccc(-c2cnc(-c3ccccc3)nc2)cc1. The molecule has 0 radical (unpaired) electrons. The molecular weight excluding hydrogens is 244 g/mol. The van der Waals surface area contributed by atoms with Crippen molar-refractivity contribution >= 4 is 0 Å². The molecule has 0 amide bonds. The minimum atomic E-state index is 0.760. The van der Waals surface area contributed by atoms with Gasteiger partial charge in [-0.25, -0.2) is 9.97 Å². The molecule has 2 aromatic carbocycles. The Balaban J connectivity index is 0.000000704. The lowest BCUT2D eigenvalue weighted by molar-refractivity contribution is 1.18. The Labute approximate surface area is 120 Å². The molecule has 0 saturated heterocycles. The summed E-state index contributed by atoms with van der Waals surface area (Å²) in [5.74, 6) is 0.760. The fourth-order valence-electron chi connectivity index (χ4n) is 1.84. The fourth-order valence-corrected chi connectivity index (χ4v) is 1.84. The van der Waals surface area contributed by atoms with Crippen molar-refractivity contribution in [3.05, 3.63) is 73.1 Å². The molecule has 3 rings (SSSR count). The molecule has 0 aliphatic heterocycles. The van der Waals surface area contributed by atoms with Crippen LogP contribution in [-0.2, 0) is 0 Å². The first-order valence-electron chi connectivity index (χ1n) is 6.86. The van der Waals surface area contributed by atoms with E-state index in [4.69, 9.17) is 0 Å². The molecule has 3 aromatic rings. The number of rotatable bonds is 2. The molecule has 0 spiro atoms. The highest BCUT2D eigenvalue weighted by molar-refractivity contribution is 5.63. The van der Waals surface area contributed by atoms with Crippen LogP contribution < -0.4 is 0 Å². The minimum Gasteiger partial charge on any atom is -0.236 e. The molecule has 2 heteroatoms. The van der Waals surface area contributed by atoms with Crippen LogP contribution >= 0.6 is 0 Å². The fraction of sp³-hybridized carbons (Fsp3) is 0.111. The van der Waals surface area contributed by atoms with Gasteiger partial charge in [0.1, 0.15) is 0 Å². The predicted octanol–water partition coefficient (Wildman–Crippen LogP) is 4.84. The summed E-state index contributed by atoms with van der Waals surface area (Å²) in [4.78, 5) is 8.83. The molecule has 2 nitrogen and oxygen atoms in total. The van der Waals surface area contributed by atoms with Crippen molar-refractivity contribution in [2.75, 3.05) is 0 Å². The van der Waals surface area contributed by atoms with Crippen LogP contribution in [0, 0.1) is 0 Å². The van der Waals surface area contributed by atoms with Crippen molar-refractivity contribution in [1.82, 2.24) is 9.97 Å². The Bertz CT molecular complexity index is 558. The largest absolute Gasteiger partial charge is 0.236 e.